The Hall–Kier alpha value is -3.00. The number of likely N-dealkylation sites (N-methyl/N-ethyl adjacent to an activating group) is 1. The van der Waals surface area contributed by atoms with Crippen molar-refractivity contribution in [3.63, 3.8) is 0 Å². The number of oxime groups is 1. The highest BCUT2D eigenvalue weighted by Gasteiger charge is 2.55. The molecule has 3 aliphatic heterocycles. The molecule has 0 aliphatic carbocycles. The maximum atomic E-state index is 12.6. The van der Waals surface area contributed by atoms with E-state index in [1.807, 2.05) is 48.4 Å². The molecule has 32 heavy (non-hydrogen) atoms. The van der Waals surface area contributed by atoms with Crippen molar-refractivity contribution < 1.29 is 19.5 Å². The van der Waals surface area contributed by atoms with Crippen LogP contribution in [0.4, 0.5) is 0 Å². The van der Waals surface area contributed by atoms with Crippen LogP contribution in [0.15, 0.2) is 53.7 Å². The number of methoxy groups -OCH3 is 1. The zero-order valence-electron chi connectivity index (χ0n) is 19.2. The van der Waals surface area contributed by atoms with Gasteiger partial charge in [-0.05, 0) is 45.0 Å². The van der Waals surface area contributed by atoms with Crippen LogP contribution in [0.3, 0.4) is 0 Å². The Labute approximate surface area is 189 Å². The van der Waals surface area contributed by atoms with Gasteiger partial charge < -0.3 is 29.4 Å². The number of amidine groups is 1. The SMILES string of the molecule is COc1ccc(CN2C(C)=NOC23CCC(C)N(C)CC3N2C=CCC(=O)/C2=C\O)cc1. The number of nitrogens with zero attached hydrogens (tertiary/aromatic N) is 4. The van der Waals surface area contributed by atoms with E-state index in [4.69, 9.17) is 9.57 Å². The number of rotatable bonds is 4. The first kappa shape index (κ1) is 22.2. The lowest BCUT2D eigenvalue weighted by Crippen LogP contribution is -2.63. The van der Waals surface area contributed by atoms with E-state index in [0.29, 0.717) is 19.1 Å². The Morgan fingerprint density at radius 1 is 1.34 bits per heavy atom. The Morgan fingerprint density at radius 3 is 2.78 bits per heavy atom. The summed E-state index contributed by atoms with van der Waals surface area (Å²) in [5.41, 5.74) is 0.620. The summed E-state index contributed by atoms with van der Waals surface area (Å²) >= 11 is 0. The number of carbonyl (C=O) groups is 1. The Bertz CT molecular complexity index is 942. The highest BCUT2D eigenvalue weighted by Crippen LogP contribution is 2.41. The van der Waals surface area contributed by atoms with Gasteiger partial charge in [0.1, 0.15) is 29.6 Å². The number of carbonyl (C=O) groups excluding carboxylic acids is 1. The predicted octanol–water partition coefficient (Wildman–Crippen LogP) is 3.23. The van der Waals surface area contributed by atoms with Crippen molar-refractivity contribution in [3.05, 3.63) is 54.1 Å². The van der Waals surface area contributed by atoms with Crippen molar-refractivity contribution in [2.24, 2.45) is 5.16 Å². The van der Waals surface area contributed by atoms with E-state index in [1.54, 1.807) is 7.11 Å². The zero-order valence-corrected chi connectivity index (χ0v) is 19.2. The Kier molecular flexibility index (Phi) is 6.15. The summed E-state index contributed by atoms with van der Waals surface area (Å²) in [4.78, 5) is 25.2. The third-order valence-electron chi connectivity index (χ3n) is 6.93. The first-order valence-corrected chi connectivity index (χ1v) is 11.1. The number of aliphatic hydroxyl groups excluding tert-OH is 1. The topological polar surface area (TPSA) is 77.8 Å². The number of hydrogen-bond acceptors (Lipinski definition) is 8. The highest BCUT2D eigenvalue weighted by atomic mass is 16.7. The minimum atomic E-state index is -0.779. The molecular weight excluding hydrogens is 408 g/mol. The number of Topliss-reactive ketones (excluding diaryl/α,β-unsaturated/α-hetero) is 1. The average molecular weight is 441 g/mol. The summed E-state index contributed by atoms with van der Waals surface area (Å²) in [6.45, 7) is 5.41. The van der Waals surface area contributed by atoms with Crippen molar-refractivity contribution >= 4 is 11.6 Å². The molecular formula is C24H32N4O4. The monoisotopic (exact) mass is 440 g/mol. The number of hydrogen-bond donors (Lipinski definition) is 1. The second-order valence-electron chi connectivity index (χ2n) is 8.79. The molecule has 172 valence electrons. The van der Waals surface area contributed by atoms with Gasteiger partial charge in [0.25, 0.3) is 0 Å². The molecule has 0 radical (unpaired) electrons. The number of benzene rings is 1. The van der Waals surface area contributed by atoms with Crippen LogP contribution in [0, 0.1) is 0 Å². The van der Waals surface area contributed by atoms with Crippen LogP contribution in [-0.4, -0.2) is 69.9 Å². The van der Waals surface area contributed by atoms with Gasteiger partial charge in [-0.2, -0.15) is 0 Å². The lowest BCUT2D eigenvalue weighted by molar-refractivity contribution is -0.148. The van der Waals surface area contributed by atoms with Crippen LogP contribution in [-0.2, 0) is 16.2 Å². The van der Waals surface area contributed by atoms with Crippen LogP contribution in [0.2, 0.25) is 0 Å². The number of aliphatic hydroxyl groups is 1. The molecule has 4 rings (SSSR count). The Balaban J connectivity index is 1.75. The average Bonchev–Trinajstić information content (AvgIpc) is 3.05. The third-order valence-corrected chi connectivity index (χ3v) is 6.93. The summed E-state index contributed by atoms with van der Waals surface area (Å²) in [5, 5.41) is 14.3. The number of ketones is 1. The van der Waals surface area contributed by atoms with Crippen molar-refractivity contribution in [1.29, 1.82) is 0 Å². The molecule has 1 saturated heterocycles. The normalized spacial score (nSPS) is 29.9. The first-order valence-electron chi connectivity index (χ1n) is 11.1. The van der Waals surface area contributed by atoms with Crippen LogP contribution in [0.25, 0.3) is 0 Å². The van der Waals surface area contributed by atoms with Gasteiger partial charge in [-0.15, -0.1) is 0 Å². The second kappa shape index (κ2) is 8.86. The smallest absolute Gasteiger partial charge is 0.233 e. The van der Waals surface area contributed by atoms with Gasteiger partial charge in [0, 0.05) is 38.2 Å². The molecule has 1 fully saturated rings. The number of ether oxygens (including phenoxy) is 1. The first-order chi connectivity index (χ1) is 15.4. The van der Waals surface area contributed by atoms with E-state index in [2.05, 4.69) is 28.9 Å². The van der Waals surface area contributed by atoms with Crippen LogP contribution in [0.1, 0.15) is 38.7 Å². The summed E-state index contributed by atoms with van der Waals surface area (Å²) < 4.78 is 5.30. The molecule has 8 heteroatoms. The van der Waals surface area contributed by atoms with Crippen molar-refractivity contribution in [3.8, 4) is 5.75 Å². The fourth-order valence-corrected chi connectivity index (χ4v) is 4.82. The van der Waals surface area contributed by atoms with Gasteiger partial charge in [-0.3, -0.25) is 4.79 Å². The van der Waals surface area contributed by atoms with Crippen molar-refractivity contribution in [2.75, 3.05) is 20.7 Å². The quantitative estimate of drug-likeness (QED) is 0.569. The highest BCUT2D eigenvalue weighted by molar-refractivity contribution is 5.96. The molecule has 0 aromatic heterocycles. The molecule has 3 unspecified atom stereocenters. The maximum absolute atomic E-state index is 12.6. The van der Waals surface area contributed by atoms with Crippen LogP contribution < -0.4 is 4.74 Å². The molecule has 0 bridgehead atoms. The molecule has 1 aromatic rings. The summed E-state index contributed by atoms with van der Waals surface area (Å²) in [5.74, 6) is 1.50. The molecule has 8 nitrogen and oxygen atoms in total. The van der Waals surface area contributed by atoms with Gasteiger partial charge in [-0.1, -0.05) is 23.4 Å². The molecule has 1 N–H and O–H groups in total. The molecule has 1 spiro atoms. The zero-order chi connectivity index (χ0) is 22.9. The molecule has 3 heterocycles. The maximum Gasteiger partial charge on any atom is 0.233 e. The van der Waals surface area contributed by atoms with E-state index in [-0.39, 0.29) is 23.9 Å². The Morgan fingerprint density at radius 2 is 2.09 bits per heavy atom. The van der Waals surface area contributed by atoms with Gasteiger partial charge >= 0.3 is 0 Å². The fraction of sp³-hybridized carbons (Fsp3) is 0.500. The van der Waals surface area contributed by atoms with Gasteiger partial charge in [0.15, 0.2) is 5.78 Å². The van der Waals surface area contributed by atoms with E-state index in [0.717, 1.165) is 36.3 Å². The van der Waals surface area contributed by atoms with Crippen LogP contribution in [0.5, 0.6) is 5.75 Å². The van der Waals surface area contributed by atoms with Gasteiger partial charge in [-0.25, -0.2) is 0 Å². The largest absolute Gasteiger partial charge is 0.513 e. The van der Waals surface area contributed by atoms with E-state index < -0.39 is 5.72 Å². The van der Waals surface area contributed by atoms with Crippen molar-refractivity contribution in [2.45, 2.75) is 57.5 Å². The number of likely N-dealkylation sites (tertiary alicyclic amines) is 1. The lowest BCUT2D eigenvalue weighted by Gasteiger charge is -2.47. The minimum Gasteiger partial charge on any atom is -0.513 e. The van der Waals surface area contributed by atoms with Crippen molar-refractivity contribution in [1.82, 2.24) is 14.7 Å². The molecule has 1 aromatic carbocycles. The van der Waals surface area contributed by atoms with E-state index in [9.17, 15) is 9.90 Å². The summed E-state index contributed by atoms with van der Waals surface area (Å²) in [7, 11) is 3.74. The van der Waals surface area contributed by atoms with E-state index >= 15 is 0 Å². The standard InChI is InChI=1S/C24H32N4O4/c1-17-11-12-24(23(15-26(17)3)27-13-5-6-22(30)21(27)16-29)28(18(2)25-32-24)14-19-7-9-20(31-4)10-8-19/h5,7-10,13,16-17,23,29H,6,11-12,14-15H2,1-4H3/b21-16+. The molecule has 0 saturated carbocycles. The van der Waals surface area contributed by atoms with Gasteiger partial charge in [0.2, 0.25) is 5.72 Å². The molecule has 3 atom stereocenters. The number of allylic oxidation sites excluding steroid dienone is 2. The summed E-state index contributed by atoms with van der Waals surface area (Å²) in [6.07, 6.45) is 6.58. The van der Waals surface area contributed by atoms with Crippen LogP contribution >= 0.6 is 0 Å². The third kappa shape index (κ3) is 3.83. The predicted molar refractivity (Wildman–Crippen MR) is 122 cm³/mol. The fourth-order valence-electron chi connectivity index (χ4n) is 4.82. The van der Waals surface area contributed by atoms with Gasteiger partial charge in [0.05, 0.1) is 7.11 Å². The van der Waals surface area contributed by atoms with E-state index in [1.165, 1.54) is 0 Å². The second-order valence-corrected chi connectivity index (χ2v) is 8.79. The summed E-state index contributed by atoms with van der Waals surface area (Å²) in [6, 6.07) is 8.07. The lowest BCUT2D eigenvalue weighted by atomic mass is 9.92. The molecule has 3 aliphatic rings. The minimum absolute atomic E-state index is 0.109. The molecule has 0 amide bonds.